The predicted octanol–water partition coefficient (Wildman–Crippen LogP) is 2.74. The molecule has 0 spiro atoms. The van der Waals surface area contributed by atoms with Crippen LogP contribution in [0, 0.1) is 0 Å². The number of ketones is 1. The van der Waals surface area contributed by atoms with Crippen LogP contribution in [0.2, 0.25) is 0 Å². The summed E-state index contributed by atoms with van der Waals surface area (Å²) in [6.07, 6.45) is 2.77. The van der Waals surface area contributed by atoms with Crippen LogP contribution in [0.5, 0.6) is 0 Å². The average Bonchev–Trinajstić information content (AvgIpc) is 3.12. The van der Waals surface area contributed by atoms with E-state index in [1.165, 1.54) is 27.9 Å². The highest BCUT2D eigenvalue weighted by atomic mass is 32.2. The number of aromatic nitrogens is 2. The summed E-state index contributed by atoms with van der Waals surface area (Å²) >= 11 is 0. The SMILES string of the molecule is CC(=O)c1ccc(NC(=O)CCn2c(=O)[nH]c3cc(S(=O)(=O)N4CCCCC4)ccc32)cc1. The number of hydrogen-bond acceptors (Lipinski definition) is 5. The number of nitrogens with zero attached hydrogens (tertiary/aromatic N) is 2. The van der Waals surface area contributed by atoms with Crippen molar-refractivity contribution in [1.82, 2.24) is 13.9 Å². The molecule has 2 heterocycles. The van der Waals surface area contributed by atoms with E-state index in [-0.39, 0.29) is 29.6 Å². The van der Waals surface area contributed by atoms with Crippen molar-refractivity contribution in [2.75, 3.05) is 18.4 Å². The molecule has 3 aromatic rings. The first kappa shape index (κ1) is 22.9. The number of benzene rings is 2. The van der Waals surface area contributed by atoms with Gasteiger partial charge in [-0.3, -0.25) is 14.2 Å². The van der Waals surface area contributed by atoms with Crippen molar-refractivity contribution < 1.29 is 18.0 Å². The lowest BCUT2D eigenvalue weighted by atomic mass is 10.1. The lowest BCUT2D eigenvalue weighted by Crippen LogP contribution is -2.35. The van der Waals surface area contributed by atoms with Crippen molar-refractivity contribution >= 4 is 38.4 Å². The number of amides is 1. The number of nitrogens with one attached hydrogen (secondary N) is 2. The van der Waals surface area contributed by atoms with Crippen molar-refractivity contribution in [3.05, 3.63) is 58.5 Å². The summed E-state index contributed by atoms with van der Waals surface area (Å²) in [5.74, 6) is -0.338. The molecule has 9 nitrogen and oxygen atoms in total. The lowest BCUT2D eigenvalue weighted by Gasteiger charge is -2.25. The maximum Gasteiger partial charge on any atom is 0.326 e. The van der Waals surface area contributed by atoms with Crippen LogP contribution >= 0.6 is 0 Å². The maximum atomic E-state index is 12.9. The number of piperidine rings is 1. The van der Waals surface area contributed by atoms with Crippen molar-refractivity contribution in [2.45, 2.75) is 44.0 Å². The first-order chi connectivity index (χ1) is 15.8. The molecular formula is C23H26N4O5S. The minimum absolute atomic E-state index is 0.0507. The van der Waals surface area contributed by atoms with E-state index in [1.807, 2.05) is 0 Å². The Morgan fingerprint density at radius 2 is 1.73 bits per heavy atom. The van der Waals surface area contributed by atoms with Gasteiger partial charge in [-0.15, -0.1) is 0 Å². The Bertz CT molecular complexity index is 1350. The van der Waals surface area contributed by atoms with Crippen molar-refractivity contribution in [3.8, 4) is 0 Å². The monoisotopic (exact) mass is 470 g/mol. The standard InChI is InChI=1S/C23H26N4O5S/c1-16(28)17-5-7-18(8-6-17)24-22(29)11-14-27-21-10-9-19(15-20(21)25-23(27)30)33(31,32)26-12-3-2-4-13-26/h5-10,15H,2-4,11-14H2,1H3,(H,24,29)(H,25,30). The Hall–Kier alpha value is -3.24. The molecule has 0 unspecified atom stereocenters. The van der Waals surface area contributed by atoms with E-state index in [4.69, 9.17) is 0 Å². The van der Waals surface area contributed by atoms with E-state index >= 15 is 0 Å². The predicted molar refractivity (Wildman–Crippen MR) is 125 cm³/mol. The van der Waals surface area contributed by atoms with Gasteiger partial charge in [0.25, 0.3) is 0 Å². The van der Waals surface area contributed by atoms with Gasteiger partial charge in [0.2, 0.25) is 15.9 Å². The van der Waals surface area contributed by atoms with Crippen LogP contribution in [0.15, 0.2) is 52.2 Å². The highest BCUT2D eigenvalue weighted by Crippen LogP contribution is 2.23. The lowest BCUT2D eigenvalue weighted by molar-refractivity contribution is -0.116. The van der Waals surface area contributed by atoms with Crippen LogP contribution in [0.4, 0.5) is 5.69 Å². The fourth-order valence-corrected chi connectivity index (χ4v) is 5.55. The smallest absolute Gasteiger partial charge is 0.326 e. The molecule has 0 saturated carbocycles. The van der Waals surface area contributed by atoms with E-state index in [1.54, 1.807) is 30.3 Å². The number of aromatic amines is 1. The number of H-pyrrole nitrogens is 1. The molecule has 0 radical (unpaired) electrons. The van der Waals surface area contributed by atoms with Gasteiger partial charge in [0, 0.05) is 37.3 Å². The quantitative estimate of drug-likeness (QED) is 0.514. The van der Waals surface area contributed by atoms with E-state index in [0.717, 1.165) is 19.3 Å². The summed E-state index contributed by atoms with van der Waals surface area (Å²) in [5, 5.41) is 2.74. The normalized spacial score (nSPS) is 14.9. The Kier molecular flexibility index (Phi) is 6.48. The molecular weight excluding hydrogens is 444 g/mol. The molecule has 1 amide bonds. The van der Waals surface area contributed by atoms with Crippen LogP contribution in [0.25, 0.3) is 11.0 Å². The number of rotatable bonds is 7. The third-order valence-corrected chi connectivity index (χ3v) is 7.73. The molecule has 0 bridgehead atoms. The maximum absolute atomic E-state index is 12.9. The number of hydrogen-bond donors (Lipinski definition) is 2. The minimum atomic E-state index is -3.61. The van der Waals surface area contributed by atoms with E-state index in [0.29, 0.717) is 35.4 Å². The van der Waals surface area contributed by atoms with Crippen molar-refractivity contribution in [2.24, 2.45) is 0 Å². The molecule has 174 valence electrons. The summed E-state index contributed by atoms with van der Waals surface area (Å²) in [7, 11) is -3.61. The first-order valence-corrected chi connectivity index (χ1v) is 12.3. The number of carbonyl (C=O) groups is 2. The number of sulfonamides is 1. The molecule has 2 aromatic carbocycles. The number of imidazole rings is 1. The van der Waals surface area contributed by atoms with Gasteiger partial charge in [-0.2, -0.15) is 4.31 Å². The second-order valence-electron chi connectivity index (χ2n) is 8.16. The van der Waals surface area contributed by atoms with E-state index in [9.17, 15) is 22.8 Å². The van der Waals surface area contributed by atoms with Gasteiger partial charge in [-0.1, -0.05) is 6.42 Å². The number of anilines is 1. The minimum Gasteiger partial charge on any atom is -0.326 e. The molecule has 1 aliphatic heterocycles. The second kappa shape index (κ2) is 9.32. The molecule has 1 aromatic heterocycles. The zero-order valence-corrected chi connectivity index (χ0v) is 19.2. The molecule has 33 heavy (non-hydrogen) atoms. The Labute approximate surface area is 191 Å². The van der Waals surface area contributed by atoms with Crippen molar-refractivity contribution in [1.29, 1.82) is 0 Å². The number of aryl methyl sites for hydroxylation is 1. The fraction of sp³-hybridized carbons (Fsp3) is 0.348. The summed E-state index contributed by atoms with van der Waals surface area (Å²) in [6.45, 7) is 2.61. The summed E-state index contributed by atoms with van der Waals surface area (Å²) in [6, 6.07) is 11.2. The molecule has 10 heteroatoms. The number of Topliss-reactive ketones (excluding diaryl/α,β-unsaturated/α-hetero) is 1. The molecule has 2 N–H and O–H groups in total. The average molecular weight is 471 g/mol. The van der Waals surface area contributed by atoms with Gasteiger partial charge in [0.15, 0.2) is 5.78 Å². The highest BCUT2D eigenvalue weighted by Gasteiger charge is 2.26. The van der Waals surface area contributed by atoms with Crippen LogP contribution in [-0.4, -0.2) is 47.1 Å². The highest BCUT2D eigenvalue weighted by molar-refractivity contribution is 7.89. The largest absolute Gasteiger partial charge is 0.326 e. The third kappa shape index (κ3) is 4.91. The molecule has 0 aliphatic carbocycles. The van der Waals surface area contributed by atoms with Gasteiger partial charge in [-0.05, 0) is 62.2 Å². The number of fused-ring (bicyclic) bond motifs is 1. The van der Waals surface area contributed by atoms with Gasteiger partial charge in [-0.25, -0.2) is 13.2 Å². The second-order valence-corrected chi connectivity index (χ2v) is 10.1. The fourth-order valence-electron chi connectivity index (χ4n) is 4.00. The Balaban J connectivity index is 1.47. The summed E-state index contributed by atoms with van der Waals surface area (Å²) in [5.41, 5.74) is 1.66. The molecule has 0 atom stereocenters. The Morgan fingerprint density at radius 3 is 2.39 bits per heavy atom. The first-order valence-electron chi connectivity index (χ1n) is 10.9. The van der Waals surface area contributed by atoms with Crippen LogP contribution in [0.3, 0.4) is 0 Å². The summed E-state index contributed by atoms with van der Waals surface area (Å²) < 4.78 is 28.8. The van der Waals surface area contributed by atoms with Crippen LogP contribution in [-0.2, 0) is 21.4 Å². The molecule has 1 aliphatic rings. The molecule has 1 saturated heterocycles. The molecule has 1 fully saturated rings. The van der Waals surface area contributed by atoms with Gasteiger partial charge in [0.05, 0.1) is 15.9 Å². The zero-order chi connectivity index (χ0) is 23.6. The van der Waals surface area contributed by atoms with E-state index < -0.39 is 15.7 Å². The summed E-state index contributed by atoms with van der Waals surface area (Å²) in [4.78, 5) is 39.0. The molecule has 4 rings (SSSR count). The van der Waals surface area contributed by atoms with Gasteiger partial charge in [0.1, 0.15) is 0 Å². The topological polar surface area (TPSA) is 121 Å². The van der Waals surface area contributed by atoms with Gasteiger partial charge < -0.3 is 10.3 Å². The van der Waals surface area contributed by atoms with Crippen LogP contribution < -0.4 is 11.0 Å². The van der Waals surface area contributed by atoms with E-state index in [2.05, 4.69) is 10.3 Å². The zero-order valence-electron chi connectivity index (χ0n) is 18.3. The van der Waals surface area contributed by atoms with Gasteiger partial charge >= 0.3 is 5.69 Å². The van der Waals surface area contributed by atoms with Crippen LogP contribution in [0.1, 0.15) is 43.0 Å². The Morgan fingerprint density at radius 1 is 1.03 bits per heavy atom. The third-order valence-electron chi connectivity index (χ3n) is 5.84. The van der Waals surface area contributed by atoms with Crippen molar-refractivity contribution in [3.63, 3.8) is 0 Å². The number of carbonyl (C=O) groups excluding carboxylic acids is 2.